The Morgan fingerprint density at radius 3 is 2.82 bits per heavy atom. The van der Waals surface area contributed by atoms with Crippen LogP contribution < -0.4 is 5.69 Å². The lowest BCUT2D eigenvalue weighted by molar-refractivity contribution is 1.08. The maximum atomic E-state index is 11.1. The van der Waals surface area contributed by atoms with Gasteiger partial charge in [-0.25, -0.2) is 9.78 Å². The van der Waals surface area contributed by atoms with Crippen molar-refractivity contribution in [2.24, 2.45) is 0 Å². The smallest absolute Gasteiger partial charge is 0.305 e. The Morgan fingerprint density at radius 2 is 1.94 bits per heavy atom. The highest BCUT2D eigenvalue weighted by Crippen LogP contribution is 2.19. The van der Waals surface area contributed by atoms with E-state index in [2.05, 4.69) is 15.0 Å². The van der Waals surface area contributed by atoms with Crippen molar-refractivity contribution in [3.05, 3.63) is 59.3 Å². The fraction of sp³-hybridized carbons (Fsp3) is 0. The lowest BCUT2D eigenvalue weighted by atomic mass is 10.1. The van der Waals surface area contributed by atoms with Gasteiger partial charge in [-0.15, -0.1) is 0 Å². The van der Waals surface area contributed by atoms with Crippen LogP contribution >= 0.6 is 0 Å². The highest BCUT2D eigenvalue weighted by atomic mass is 16.1. The Balaban J connectivity index is 2.21. The van der Waals surface area contributed by atoms with E-state index < -0.39 is 0 Å². The number of benzene rings is 1. The molecular weight excluding hydrogens is 214 g/mol. The second-order valence-corrected chi connectivity index (χ2v) is 3.71. The summed E-state index contributed by atoms with van der Waals surface area (Å²) in [5.74, 6) is 0. The summed E-state index contributed by atoms with van der Waals surface area (Å²) in [6.07, 6.45) is 3.23. The van der Waals surface area contributed by atoms with E-state index in [0.29, 0.717) is 0 Å². The number of hydrogen-bond acceptors (Lipinski definition) is 3. The van der Waals surface area contributed by atoms with Crippen molar-refractivity contribution in [1.29, 1.82) is 0 Å². The van der Waals surface area contributed by atoms with E-state index in [9.17, 15) is 4.79 Å². The van der Waals surface area contributed by atoms with E-state index in [1.165, 1.54) is 6.20 Å². The zero-order valence-corrected chi connectivity index (χ0v) is 8.92. The standard InChI is InChI=1S/C13H9N3O/c17-13-14-6-5-12(16-13)10-7-9-3-1-2-4-11(9)15-8-10/h1-8H,(H,14,16,17). The molecule has 4 heteroatoms. The van der Waals surface area contributed by atoms with E-state index in [4.69, 9.17) is 0 Å². The molecule has 3 rings (SSSR count). The van der Waals surface area contributed by atoms with Crippen molar-refractivity contribution >= 4 is 10.9 Å². The average molecular weight is 223 g/mol. The zero-order chi connectivity index (χ0) is 11.7. The molecule has 82 valence electrons. The van der Waals surface area contributed by atoms with E-state index in [-0.39, 0.29) is 5.69 Å². The third-order valence-electron chi connectivity index (χ3n) is 2.58. The fourth-order valence-electron chi connectivity index (χ4n) is 1.76. The van der Waals surface area contributed by atoms with Gasteiger partial charge in [-0.3, -0.25) is 4.98 Å². The Bertz CT molecular complexity index is 734. The molecule has 1 aromatic carbocycles. The molecule has 0 bridgehead atoms. The molecule has 2 aromatic heterocycles. The maximum Gasteiger partial charge on any atom is 0.345 e. The molecule has 0 aliphatic carbocycles. The van der Waals surface area contributed by atoms with Crippen LogP contribution in [0.25, 0.3) is 22.2 Å². The van der Waals surface area contributed by atoms with Gasteiger partial charge >= 0.3 is 5.69 Å². The molecule has 3 aromatic rings. The topological polar surface area (TPSA) is 58.6 Å². The Morgan fingerprint density at radius 1 is 1.06 bits per heavy atom. The van der Waals surface area contributed by atoms with Gasteiger partial charge in [0.15, 0.2) is 0 Å². The van der Waals surface area contributed by atoms with Crippen molar-refractivity contribution in [3.63, 3.8) is 0 Å². The van der Waals surface area contributed by atoms with Crippen molar-refractivity contribution in [3.8, 4) is 11.3 Å². The van der Waals surface area contributed by atoms with E-state index >= 15 is 0 Å². The SMILES string of the molecule is O=c1nccc(-c2cnc3ccccc3c2)[nH]1. The van der Waals surface area contributed by atoms with Gasteiger partial charge in [-0.2, -0.15) is 0 Å². The molecule has 0 fully saturated rings. The number of para-hydroxylation sites is 1. The molecule has 1 N–H and O–H groups in total. The quantitative estimate of drug-likeness (QED) is 0.686. The largest absolute Gasteiger partial charge is 0.345 e. The summed E-state index contributed by atoms with van der Waals surface area (Å²) >= 11 is 0. The normalized spacial score (nSPS) is 10.6. The predicted octanol–water partition coefficient (Wildman–Crippen LogP) is 1.99. The number of rotatable bonds is 1. The van der Waals surface area contributed by atoms with Crippen LogP contribution in [-0.4, -0.2) is 15.0 Å². The van der Waals surface area contributed by atoms with Gasteiger partial charge in [-0.1, -0.05) is 18.2 Å². The molecule has 0 atom stereocenters. The average Bonchev–Trinajstić information content (AvgIpc) is 2.38. The molecule has 0 saturated carbocycles. The van der Waals surface area contributed by atoms with Crippen LogP contribution in [0.3, 0.4) is 0 Å². The second kappa shape index (κ2) is 3.83. The van der Waals surface area contributed by atoms with Gasteiger partial charge < -0.3 is 4.98 Å². The number of aromatic nitrogens is 3. The summed E-state index contributed by atoms with van der Waals surface area (Å²) in [7, 11) is 0. The van der Waals surface area contributed by atoms with E-state index in [1.807, 2.05) is 30.3 Å². The van der Waals surface area contributed by atoms with Crippen molar-refractivity contribution in [2.75, 3.05) is 0 Å². The number of fused-ring (bicyclic) bond motifs is 1. The lowest BCUT2D eigenvalue weighted by Crippen LogP contribution is -2.09. The van der Waals surface area contributed by atoms with Crippen molar-refractivity contribution < 1.29 is 0 Å². The van der Waals surface area contributed by atoms with E-state index in [1.54, 1.807) is 12.3 Å². The van der Waals surface area contributed by atoms with Crippen LogP contribution in [0.1, 0.15) is 0 Å². The predicted molar refractivity (Wildman–Crippen MR) is 65.6 cm³/mol. The first-order valence-corrected chi connectivity index (χ1v) is 5.23. The third kappa shape index (κ3) is 1.80. The van der Waals surface area contributed by atoms with Crippen molar-refractivity contribution in [2.45, 2.75) is 0 Å². The van der Waals surface area contributed by atoms with Gasteiger partial charge in [0, 0.05) is 23.3 Å². The minimum Gasteiger partial charge on any atom is -0.305 e. The molecule has 0 spiro atoms. The summed E-state index contributed by atoms with van der Waals surface area (Å²) < 4.78 is 0. The Kier molecular flexibility index (Phi) is 2.19. The van der Waals surface area contributed by atoms with Crippen molar-refractivity contribution in [1.82, 2.24) is 15.0 Å². The van der Waals surface area contributed by atoms with Gasteiger partial charge in [0.2, 0.25) is 0 Å². The molecule has 17 heavy (non-hydrogen) atoms. The third-order valence-corrected chi connectivity index (χ3v) is 2.58. The Labute approximate surface area is 97.0 Å². The Hall–Kier alpha value is -2.49. The fourth-order valence-corrected chi connectivity index (χ4v) is 1.76. The number of H-pyrrole nitrogens is 1. The van der Waals surface area contributed by atoms with Gasteiger partial charge in [0.25, 0.3) is 0 Å². The highest BCUT2D eigenvalue weighted by Gasteiger charge is 2.01. The number of aromatic amines is 1. The summed E-state index contributed by atoms with van der Waals surface area (Å²) in [4.78, 5) is 21.8. The minimum absolute atomic E-state index is 0.351. The molecule has 0 aliphatic heterocycles. The summed E-state index contributed by atoms with van der Waals surface area (Å²) in [6, 6.07) is 11.6. The summed E-state index contributed by atoms with van der Waals surface area (Å²) in [5.41, 5.74) is 2.19. The molecular formula is C13H9N3O. The van der Waals surface area contributed by atoms with Gasteiger partial charge in [0.05, 0.1) is 11.2 Å². The van der Waals surface area contributed by atoms with E-state index in [0.717, 1.165) is 22.2 Å². The van der Waals surface area contributed by atoms with Crippen LogP contribution in [-0.2, 0) is 0 Å². The molecule has 4 nitrogen and oxygen atoms in total. The van der Waals surface area contributed by atoms with Crippen LogP contribution in [0.2, 0.25) is 0 Å². The van der Waals surface area contributed by atoms with Crippen LogP contribution in [0.15, 0.2) is 53.6 Å². The molecule has 0 radical (unpaired) electrons. The molecule has 0 amide bonds. The second-order valence-electron chi connectivity index (χ2n) is 3.71. The van der Waals surface area contributed by atoms with Crippen LogP contribution in [0.5, 0.6) is 0 Å². The number of hydrogen-bond donors (Lipinski definition) is 1. The van der Waals surface area contributed by atoms with Gasteiger partial charge in [-0.05, 0) is 18.2 Å². The first-order valence-electron chi connectivity index (χ1n) is 5.23. The first kappa shape index (κ1) is 9.72. The maximum absolute atomic E-state index is 11.1. The monoisotopic (exact) mass is 223 g/mol. The highest BCUT2D eigenvalue weighted by molar-refractivity contribution is 5.82. The number of nitrogens with zero attached hydrogens (tertiary/aromatic N) is 2. The molecule has 2 heterocycles. The minimum atomic E-state index is -0.351. The number of pyridine rings is 1. The van der Waals surface area contributed by atoms with Gasteiger partial charge in [0.1, 0.15) is 0 Å². The number of nitrogens with one attached hydrogen (secondary N) is 1. The molecule has 0 aliphatic rings. The van der Waals surface area contributed by atoms with Crippen LogP contribution in [0, 0.1) is 0 Å². The zero-order valence-electron chi connectivity index (χ0n) is 8.92. The molecule has 0 saturated heterocycles. The summed E-state index contributed by atoms with van der Waals surface area (Å²) in [5, 5.41) is 1.04. The summed E-state index contributed by atoms with van der Waals surface area (Å²) in [6.45, 7) is 0. The lowest BCUT2D eigenvalue weighted by Gasteiger charge is -2.02. The first-order chi connectivity index (χ1) is 8.33. The molecule has 0 unspecified atom stereocenters. The van der Waals surface area contributed by atoms with Crippen LogP contribution in [0.4, 0.5) is 0 Å².